The van der Waals surface area contributed by atoms with E-state index in [0.29, 0.717) is 30.8 Å². The van der Waals surface area contributed by atoms with Gasteiger partial charge in [-0.25, -0.2) is 0 Å². The summed E-state index contributed by atoms with van der Waals surface area (Å²) in [5, 5.41) is 1.92. The predicted octanol–water partition coefficient (Wildman–Crippen LogP) is 5.66. The molecule has 1 aromatic heterocycles. The first-order chi connectivity index (χ1) is 12.9. The molecule has 3 rings (SSSR count). The normalized spacial score (nSPS) is 20.3. The zero-order chi connectivity index (χ0) is 19.4. The second-order valence-corrected chi connectivity index (χ2v) is 7.84. The SMILES string of the molecule is COc1ccc(N(Cc2cccs2)C(=O)C2CCCC(C(F)(F)F)C2)cc1. The van der Waals surface area contributed by atoms with Gasteiger partial charge >= 0.3 is 6.18 Å². The Morgan fingerprint density at radius 2 is 1.96 bits per heavy atom. The number of carbonyl (C=O) groups is 1. The van der Waals surface area contributed by atoms with E-state index in [-0.39, 0.29) is 18.7 Å². The molecule has 1 saturated carbocycles. The third-order valence-corrected chi connectivity index (χ3v) is 5.89. The van der Waals surface area contributed by atoms with Crippen molar-refractivity contribution in [2.75, 3.05) is 12.0 Å². The lowest BCUT2D eigenvalue weighted by molar-refractivity contribution is -0.186. The Hall–Kier alpha value is -2.02. The molecule has 2 atom stereocenters. The van der Waals surface area contributed by atoms with Gasteiger partial charge in [-0.05, 0) is 55.0 Å². The highest BCUT2D eigenvalue weighted by molar-refractivity contribution is 7.09. The van der Waals surface area contributed by atoms with Gasteiger partial charge < -0.3 is 9.64 Å². The maximum atomic E-state index is 13.2. The minimum atomic E-state index is -4.24. The Bertz CT molecular complexity index is 744. The number of ether oxygens (including phenoxy) is 1. The molecule has 146 valence electrons. The quantitative estimate of drug-likeness (QED) is 0.652. The minimum Gasteiger partial charge on any atom is -0.497 e. The van der Waals surface area contributed by atoms with Crippen LogP contribution >= 0.6 is 11.3 Å². The first-order valence-electron chi connectivity index (χ1n) is 8.93. The molecule has 2 aromatic rings. The Labute approximate surface area is 160 Å². The van der Waals surface area contributed by atoms with Crippen LogP contribution in [0.5, 0.6) is 5.75 Å². The fraction of sp³-hybridized carbons (Fsp3) is 0.450. The highest BCUT2D eigenvalue weighted by Gasteiger charge is 2.44. The van der Waals surface area contributed by atoms with Crippen LogP contribution in [-0.2, 0) is 11.3 Å². The van der Waals surface area contributed by atoms with Gasteiger partial charge in [0.1, 0.15) is 5.75 Å². The van der Waals surface area contributed by atoms with Gasteiger partial charge in [0.2, 0.25) is 5.91 Å². The van der Waals surface area contributed by atoms with Crippen LogP contribution < -0.4 is 9.64 Å². The first-order valence-corrected chi connectivity index (χ1v) is 9.81. The van der Waals surface area contributed by atoms with E-state index in [2.05, 4.69) is 0 Å². The molecule has 1 aromatic carbocycles. The van der Waals surface area contributed by atoms with Crippen molar-refractivity contribution >= 4 is 22.9 Å². The molecule has 1 amide bonds. The average Bonchev–Trinajstić information content (AvgIpc) is 3.18. The monoisotopic (exact) mass is 397 g/mol. The summed E-state index contributed by atoms with van der Waals surface area (Å²) >= 11 is 1.52. The van der Waals surface area contributed by atoms with E-state index in [4.69, 9.17) is 4.74 Å². The predicted molar refractivity (Wildman–Crippen MR) is 100 cm³/mol. The number of amides is 1. The van der Waals surface area contributed by atoms with Crippen molar-refractivity contribution in [3.8, 4) is 5.75 Å². The van der Waals surface area contributed by atoms with Crippen LogP contribution in [0.4, 0.5) is 18.9 Å². The van der Waals surface area contributed by atoms with E-state index in [1.807, 2.05) is 17.5 Å². The molecule has 2 unspecified atom stereocenters. The molecule has 3 nitrogen and oxygen atoms in total. The molecule has 7 heteroatoms. The van der Waals surface area contributed by atoms with Crippen LogP contribution in [0.1, 0.15) is 30.6 Å². The Balaban J connectivity index is 1.83. The van der Waals surface area contributed by atoms with E-state index in [9.17, 15) is 18.0 Å². The largest absolute Gasteiger partial charge is 0.497 e. The van der Waals surface area contributed by atoms with Gasteiger partial charge in [0.25, 0.3) is 0 Å². The molecule has 0 radical (unpaired) electrons. The van der Waals surface area contributed by atoms with E-state index in [1.165, 1.54) is 11.3 Å². The summed E-state index contributed by atoms with van der Waals surface area (Å²) in [4.78, 5) is 15.8. The van der Waals surface area contributed by atoms with Gasteiger partial charge in [-0.1, -0.05) is 12.5 Å². The van der Waals surface area contributed by atoms with E-state index in [1.54, 1.807) is 36.3 Å². The van der Waals surface area contributed by atoms with E-state index < -0.39 is 18.0 Å². The van der Waals surface area contributed by atoms with Gasteiger partial charge in [-0.15, -0.1) is 11.3 Å². The molecule has 27 heavy (non-hydrogen) atoms. The number of anilines is 1. The number of benzene rings is 1. The van der Waals surface area contributed by atoms with Gasteiger partial charge in [-0.2, -0.15) is 13.2 Å². The van der Waals surface area contributed by atoms with Crippen molar-refractivity contribution in [3.05, 3.63) is 46.7 Å². The topological polar surface area (TPSA) is 29.5 Å². The minimum absolute atomic E-state index is 0.112. The standard InChI is InChI=1S/C20H22F3NO2S/c1-26-17-9-7-16(8-10-17)24(13-18-6-3-11-27-18)19(25)14-4-2-5-15(12-14)20(21,22)23/h3,6-11,14-15H,2,4-5,12-13H2,1H3. The Kier molecular flexibility index (Phi) is 6.09. The van der Waals surface area contributed by atoms with Crippen LogP contribution in [-0.4, -0.2) is 19.2 Å². The van der Waals surface area contributed by atoms with Crippen LogP contribution in [0, 0.1) is 11.8 Å². The second kappa shape index (κ2) is 8.33. The maximum Gasteiger partial charge on any atom is 0.391 e. The van der Waals surface area contributed by atoms with Crippen molar-refractivity contribution in [2.24, 2.45) is 11.8 Å². The Morgan fingerprint density at radius 1 is 1.22 bits per heavy atom. The molecular weight excluding hydrogens is 375 g/mol. The number of hydrogen-bond acceptors (Lipinski definition) is 3. The summed E-state index contributed by atoms with van der Waals surface area (Å²) in [6.45, 7) is 0.357. The summed E-state index contributed by atoms with van der Waals surface area (Å²) in [5.41, 5.74) is 0.670. The highest BCUT2D eigenvalue weighted by Crippen LogP contribution is 2.41. The highest BCUT2D eigenvalue weighted by atomic mass is 32.1. The molecule has 0 N–H and O–H groups in total. The smallest absolute Gasteiger partial charge is 0.391 e. The van der Waals surface area contributed by atoms with Crippen molar-refractivity contribution in [1.29, 1.82) is 0 Å². The average molecular weight is 397 g/mol. The van der Waals surface area contributed by atoms with E-state index in [0.717, 1.165) is 4.88 Å². The number of alkyl halides is 3. The molecule has 0 saturated heterocycles. The van der Waals surface area contributed by atoms with Crippen LogP contribution in [0.25, 0.3) is 0 Å². The van der Waals surface area contributed by atoms with E-state index >= 15 is 0 Å². The zero-order valence-corrected chi connectivity index (χ0v) is 15.9. The lowest BCUT2D eigenvalue weighted by Gasteiger charge is -2.33. The number of methoxy groups -OCH3 is 1. The lowest BCUT2D eigenvalue weighted by atomic mass is 9.80. The number of nitrogens with zero attached hydrogens (tertiary/aromatic N) is 1. The molecular formula is C20H22F3NO2S. The van der Waals surface area contributed by atoms with Crippen LogP contribution in [0.15, 0.2) is 41.8 Å². The summed E-state index contributed by atoms with van der Waals surface area (Å²) < 4.78 is 44.6. The summed E-state index contributed by atoms with van der Waals surface area (Å²) in [6, 6.07) is 10.9. The van der Waals surface area contributed by atoms with Crippen molar-refractivity contribution in [2.45, 2.75) is 38.4 Å². The van der Waals surface area contributed by atoms with Crippen molar-refractivity contribution in [3.63, 3.8) is 0 Å². The third kappa shape index (κ3) is 4.83. The summed E-state index contributed by atoms with van der Waals surface area (Å²) in [5.74, 6) is -1.56. The van der Waals surface area contributed by atoms with Gasteiger partial charge in [-0.3, -0.25) is 4.79 Å². The maximum absolute atomic E-state index is 13.2. The third-order valence-electron chi connectivity index (χ3n) is 5.03. The Morgan fingerprint density at radius 3 is 2.56 bits per heavy atom. The fourth-order valence-electron chi connectivity index (χ4n) is 3.55. The van der Waals surface area contributed by atoms with Crippen LogP contribution in [0.2, 0.25) is 0 Å². The molecule has 1 aliphatic rings. The van der Waals surface area contributed by atoms with Gasteiger partial charge in [0.15, 0.2) is 0 Å². The van der Waals surface area contributed by atoms with Crippen molar-refractivity contribution in [1.82, 2.24) is 0 Å². The fourth-order valence-corrected chi connectivity index (χ4v) is 4.24. The first kappa shape index (κ1) is 19.7. The molecule has 0 spiro atoms. The molecule has 1 fully saturated rings. The van der Waals surface area contributed by atoms with Gasteiger partial charge in [0, 0.05) is 16.5 Å². The summed E-state index contributed by atoms with van der Waals surface area (Å²) in [6.07, 6.45) is -3.32. The van der Waals surface area contributed by atoms with Crippen molar-refractivity contribution < 1.29 is 22.7 Å². The van der Waals surface area contributed by atoms with Crippen LogP contribution in [0.3, 0.4) is 0 Å². The number of thiophene rings is 1. The molecule has 1 aliphatic carbocycles. The van der Waals surface area contributed by atoms with Gasteiger partial charge in [0.05, 0.1) is 19.6 Å². The molecule has 0 bridgehead atoms. The number of rotatable bonds is 5. The zero-order valence-electron chi connectivity index (χ0n) is 15.0. The molecule has 0 aliphatic heterocycles. The second-order valence-electron chi connectivity index (χ2n) is 6.80. The number of halogens is 3. The number of hydrogen-bond donors (Lipinski definition) is 0. The molecule has 1 heterocycles. The summed E-state index contributed by atoms with van der Waals surface area (Å²) in [7, 11) is 1.56. The lowest BCUT2D eigenvalue weighted by Crippen LogP contribution is -2.40. The number of carbonyl (C=O) groups excluding carboxylic acids is 1.